The molecule has 1 aliphatic heterocycles. The Labute approximate surface area is 343 Å². The summed E-state index contributed by atoms with van der Waals surface area (Å²) < 4.78 is 58.3. The number of anilines is 1. The quantitative estimate of drug-likeness (QED) is 0.0585. The maximum Gasteiger partial charge on any atom is 0.413 e. The second kappa shape index (κ2) is 19.0. The predicted molar refractivity (Wildman–Crippen MR) is 212 cm³/mol. The van der Waals surface area contributed by atoms with Crippen molar-refractivity contribution in [2.24, 2.45) is 0 Å². The van der Waals surface area contributed by atoms with Gasteiger partial charge in [-0.2, -0.15) is 0 Å². The van der Waals surface area contributed by atoms with Crippen LogP contribution in [0, 0.1) is 11.6 Å². The lowest BCUT2D eigenvalue weighted by molar-refractivity contribution is -0.156. The zero-order valence-electron chi connectivity index (χ0n) is 33.3. The topological polar surface area (TPSA) is 180 Å². The highest BCUT2D eigenvalue weighted by atomic mass is 19.1. The highest BCUT2D eigenvalue weighted by molar-refractivity contribution is 5.97. The Kier molecular flexibility index (Phi) is 13.7. The number of carboxylic acid groups (broad SMARTS) is 1. The molecule has 0 radical (unpaired) electrons. The van der Waals surface area contributed by atoms with Gasteiger partial charge in [-0.05, 0) is 49.9 Å². The molecule has 1 saturated carbocycles. The van der Waals surface area contributed by atoms with E-state index in [4.69, 9.17) is 23.7 Å². The van der Waals surface area contributed by atoms with E-state index in [1.807, 2.05) is 18.2 Å². The first-order valence-electron chi connectivity index (χ1n) is 19.5. The summed E-state index contributed by atoms with van der Waals surface area (Å²) in [4.78, 5) is 77.7. The van der Waals surface area contributed by atoms with Crippen LogP contribution in [-0.4, -0.2) is 97.3 Å². The van der Waals surface area contributed by atoms with E-state index in [1.54, 1.807) is 47.6 Å². The van der Waals surface area contributed by atoms with Crippen molar-refractivity contribution in [3.05, 3.63) is 93.8 Å². The number of ether oxygens (including phenoxy) is 5. The van der Waals surface area contributed by atoms with Crippen LogP contribution in [0.2, 0.25) is 0 Å². The number of carbonyl (C=O) groups is 5. The average molecular weight is 834 g/mol. The number of carboxylic acids is 1. The van der Waals surface area contributed by atoms with Gasteiger partial charge in [0.25, 0.3) is 0 Å². The summed E-state index contributed by atoms with van der Waals surface area (Å²) in [5, 5.41) is 9.49. The Bertz CT molecular complexity index is 2330. The van der Waals surface area contributed by atoms with E-state index in [2.05, 4.69) is 0 Å². The second-order valence-electron chi connectivity index (χ2n) is 14.6. The number of pyridine rings is 1. The fourth-order valence-electron chi connectivity index (χ4n) is 7.06. The van der Waals surface area contributed by atoms with Crippen molar-refractivity contribution >= 4 is 46.6 Å². The van der Waals surface area contributed by atoms with Gasteiger partial charge in [0.15, 0.2) is 11.6 Å². The molecule has 15 nitrogen and oxygen atoms in total. The van der Waals surface area contributed by atoms with E-state index < -0.39 is 71.3 Å². The Morgan fingerprint density at radius 3 is 2.23 bits per heavy atom. The number of rotatable bonds is 16. The van der Waals surface area contributed by atoms with Crippen LogP contribution in [0.25, 0.3) is 22.0 Å². The number of hydrogen-bond acceptors (Lipinski definition) is 12. The molecule has 1 saturated heterocycles. The molecule has 6 rings (SSSR count). The maximum absolute atomic E-state index is 15.8. The van der Waals surface area contributed by atoms with Crippen molar-refractivity contribution in [3.8, 4) is 16.9 Å². The molecule has 0 spiro atoms. The molecular formula is C43H45F2N3O12. The first kappa shape index (κ1) is 43.1. The molecule has 60 heavy (non-hydrogen) atoms. The molecule has 1 N–H and O–H groups in total. The summed E-state index contributed by atoms with van der Waals surface area (Å²) in [5.74, 6) is -5.36. The van der Waals surface area contributed by atoms with Gasteiger partial charge < -0.3 is 43.2 Å². The lowest BCUT2D eigenvalue weighted by atomic mass is 9.97. The third-order valence-electron chi connectivity index (χ3n) is 10.4. The fourth-order valence-corrected chi connectivity index (χ4v) is 7.06. The van der Waals surface area contributed by atoms with Gasteiger partial charge in [-0.1, -0.05) is 42.5 Å². The normalized spacial score (nSPS) is 15.6. The van der Waals surface area contributed by atoms with Crippen LogP contribution < -0.4 is 15.1 Å². The van der Waals surface area contributed by atoms with Gasteiger partial charge in [0, 0.05) is 49.9 Å². The van der Waals surface area contributed by atoms with Crippen molar-refractivity contribution in [2.75, 3.05) is 51.7 Å². The molecule has 318 valence electrons. The monoisotopic (exact) mass is 833 g/mol. The molecular weight excluding hydrogens is 788 g/mol. The molecule has 2 atom stereocenters. The summed E-state index contributed by atoms with van der Waals surface area (Å²) in [6.45, 7) is 2.87. The Hall–Kier alpha value is -6.52. The van der Waals surface area contributed by atoms with E-state index in [0.717, 1.165) is 24.5 Å². The lowest BCUT2D eigenvalue weighted by Crippen LogP contribution is -2.54. The third-order valence-corrected chi connectivity index (χ3v) is 10.4. The highest BCUT2D eigenvalue weighted by Gasteiger charge is 2.35. The number of methoxy groups -OCH3 is 1. The maximum atomic E-state index is 15.8. The molecule has 1 aromatic heterocycles. The van der Waals surface area contributed by atoms with Crippen molar-refractivity contribution in [3.63, 3.8) is 0 Å². The van der Waals surface area contributed by atoms with Crippen molar-refractivity contribution in [1.29, 1.82) is 0 Å². The Morgan fingerprint density at radius 2 is 1.58 bits per heavy atom. The van der Waals surface area contributed by atoms with E-state index in [0.29, 0.717) is 16.6 Å². The standard InChI is InChI=1S/C43H45F2N3O12/c1-25-22-46(38-34(45)21-31-37(40(38)56-3)48(29-11-12-29)23-32(39(31)51)41(52)53)16-17-47(25)43(55)60-24-59-36(50)15-14-35(49)57-18-7-19-58-42(54)26(2)28-10-13-30(33(44)20-28)27-8-5-4-6-9-27/h4-6,8-10,13,20-21,23,25-26,29H,7,11-12,14-19,22,24H2,1-3H3,(H,52,53). The largest absolute Gasteiger partial charge is 0.492 e. The van der Waals surface area contributed by atoms with Crippen LogP contribution in [0.5, 0.6) is 5.75 Å². The number of esters is 3. The number of aromatic carboxylic acids is 1. The summed E-state index contributed by atoms with van der Waals surface area (Å²) in [5.41, 5.74) is 0.682. The molecule has 2 heterocycles. The second-order valence-corrected chi connectivity index (χ2v) is 14.6. The van der Waals surface area contributed by atoms with Crippen molar-refractivity contribution in [1.82, 2.24) is 9.47 Å². The number of piperazine rings is 1. The number of amides is 1. The summed E-state index contributed by atoms with van der Waals surface area (Å²) in [6, 6.07) is 14.1. The van der Waals surface area contributed by atoms with Crippen molar-refractivity contribution in [2.45, 2.75) is 64.0 Å². The SMILES string of the molecule is COc1c(N2CCN(C(=O)OCOC(=O)CCC(=O)OCCCOC(=O)C(C)c3ccc(-c4ccccc4)c(F)c3)C(C)C2)c(F)cc2c(=O)c(C(=O)O)cn(C3CC3)c12. The smallest absolute Gasteiger partial charge is 0.413 e. The van der Waals surface area contributed by atoms with Crippen LogP contribution in [0.1, 0.15) is 73.8 Å². The number of aromatic nitrogens is 1. The summed E-state index contributed by atoms with van der Waals surface area (Å²) in [6.07, 6.45) is 1.55. The molecule has 1 aliphatic carbocycles. The minimum Gasteiger partial charge on any atom is -0.492 e. The summed E-state index contributed by atoms with van der Waals surface area (Å²) in [7, 11) is 1.34. The van der Waals surface area contributed by atoms with Gasteiger partial charge >= 0.3 is 30.0 Å². The minimum absolute atomic E-state index is 0.0445. The van der Waals surface area contributed by atoms with Gasteiger partial charge in [0.2, 0.25) is 12.2 Å². The molecule has 2 unspecified atom stereocenters. The number of benzene rings is 3. The molecule has 4 aromatic rings. The van der Waals surface area contributed by atoms with Gasteiger partial charge in [-0.3, -0.25) is 19.2 Å². The highest BCUT2D eigenvalue weighted by Crippen LogP contribution is 2.44. The number of hydrogen-bond donors (Lipinski definition) is 1. The minimum atomic E-state index is -1.41. The fraction of sp³-hybridized carbons (Fsp3) is 0.395. The van der Waals surface area contributed by atoms with Crippen LogP contribution >= 0.6 is 0 Å². The summed E-state index contributed by atoms with van der Waals surface area (Å²) >= 11 is 0. The van der Waals surface area contributed by atoms with Crippen LogP contribution in [0.3, 0.4) is 0 Å². The Morgan fingerprint density at radius 1 is 0.883 bits per heavy atom. The zero-order chi connectivity index (χ0) is 43.1. The number of fused-ring (bicyclic) bond motifs is 1. The zero-order valence-corrected chi connectivity index (χ0v) is 33.3. The molecule has 1 amide bonds. The molecule has 17 heteroatoms. The first-order chi connectivity index (χ1) is 28.8. The van der Waals surface area contributed by atoms with Crippen LogP contribution in [0.15, 0.2) is 65.6 Å². The van der Waals surface area contributed by atoms with Gasteiger partial charge in [-0.15, -0.1) is 0 Å². The van der Waals surface area contributed by atoms with Gasteiger partial charge in [0.05, 0.1) is 50.0 Å². The molecule has 2 fully saturated rings. The number of halogens is 2. The Balaban J connectivity index is 0.894. The lowest BCUT2D eigenvalue weighted by Gasteiger charge is -2.40. The van der Waals surface area contributed by atoms with Gasteiger partial charge in [-0.25, -0.2) is 18.4 Å². The average Bonchev–Trinajstić information content (AvgIpc) is 4.08. The first-order valence-corrected chi connectivity index (χ1v) is 19.5. The number of nitrogens with zero attached hydrogens (tertiary/aromatic N) is 3. The van der Waals surface area contributed by atoms with Crippen LogP contribution in [-0.2, 0) is 33.3 Å². The van der Waals surface area contributed by atoms with Crippen molar-refractivity contribution < 1.29 is 61.5 Å². The predicted octanol–water partition coefficient (Wildman–Crippen LogP) is 6.20. The van der Waals surface area contributed by atoms with Crippen LogP contribution in [0.4, 0.5) is 19.3 Å². The molecule has 0 bridgehead atoms. The van der Waals surface area contributed by atoms with E-state index in [1.165, 1.54) is 24.3 Å². The van der Waals surface area contributed by atoms with E-state index >= 15 is 4.39 Å². The number of carbonyl (C=O) groups excluding carboxylic acids is 4. The molecule has 3 aromatic carbocycles. The third kappa shape index (κ3) is 9.84. The van der Waals surface area contributed by atoms with E-state index in [-0.39, 0.29) is 75.0 Å². The van der Waals surface area contributed by atoms with Gasteiger partial charge in [0.1, 0.15) is 17.1 Å². The van der Waals surface area contributed by atoms with E-state index in [9.17, 15) is 38.3 Å². The molecule has 2 aliphatic rings.